The van der Waals surface area contributed by atoms with Gasteiger partial charge in [0.05, 0.1) is 0 Å². The third-order valence-corrected chi connectivity index (χ3v) is 3.61. The number of hydrogen-bond acceptors (Lipinski definition) is 2. The number of nitrogens with one attached hydrogen (secondary N) is 3. The van der Waals surface area contributed by atoms with Gasteiger partial charge < -0.3 is 16.0 Å². The van der Waals surface area contributed by atoms with E-state index in [0.717, 1.165) is 11.1 Å². The number of urea groups is 1. The summed E-state index contributed by atoms with van der Waals surface area (Å²) in [7, 11) is 0. The molecule has 0 aliphatic heterocycles. The number of hydrogen-bond donors (Lipinski definition) is 3. The summed E-state index contributed by atoms with van der Waals surface area (Å²) < 4.78 is 0. The Balaban J connectivity index is 1.83. The first kappa shape index (κ1) is 18.5. The molecule has 0 fully saturated rings. The van der Waals surface area contributed by atoms with Crippen molar-refractivity contribution >= 4 is 17.6 Å². The zero-order valence-electron chi connectivity index (χ0n) is 14.9. The normalized spacial score (nSPS) is 10.4. The first-order valence-corrected chi connectivity index (χ1v) is 8.42. The van der Waals surface area contributed by atoms with Crippen molar-refractivity contribution in [3.8, 4) is 0 Å². The fourth-order valence-corrected chi connectivity index (χ4v) is 2.28. The Labute approximate surface area is 148 Å². The lowest BCUT2D eigenvalue weighted by atomic mass is 10.1. The molecule has 0 radical (unpaired) electrons. The van der Waals surface area contributed by atoms with Crippen LogP contribution in [0.4, 0.5) is 10.5 Å². The second-order valence-electron chi connectivity index (χ2n) is 6.48. The Hall–Kier alpha value is -2.82. The summed E-state index contributed by atoms with van der Waals surface area (Å²) in [6.07, 6.45) is 0. The van der Waals surface area contributed by atoms with Crippen LogP contribution in [0.5, 0.6) is 0 Å². The number of benzene rings is 2. The lowest BCUT2D eigenvalue weighted by Crippen LogP contribution is -2.28. The van der Waals surface area contributed by atoms with Crippen LogP contribution in [0.25, 0.3) is 0 Å². The van der Waals surface area contributed by atoms with Crippen LogP contribution in [-0.2, 0) is 6.54 Å². The van der Waals surface area contributed by atoms with Crippen LogP contribution in [0.3, 0.4) is 0 Å². The van der Waals surface area contributed by atoms with E-state index in [2.05, 4.69) is 16.0 Å². The average Bonchev–Trinajstić information content (AvgIpc) is 2.58. The SMILES string of the molecule is Cc1cccc(CNC(=O)Nc2ccc(C(=O)NCC(C)C)cc2)c1. The number of aryl methyl sites for hydroxylation is 1. The largest absolute Gasteiger partial charge is 0.352 e. The van der Waals surface area contributed by atoms with E-state index in [1.54, 1.807) is 24.3 Å². The van der Waals surface area contributed by atoms with E-state index < -0.39 is 0 Å². The molecular formula is C20H25N3O2. The van der Waals surface area contributed by atoms with Gasteiger partial charge in [-0.15, -0.1) is 0 Å². The second kappa shape index (κ2) is 8.87. The molecule has 0 unspecified atom stereocenters. The van der Waals surface area contributed by atoms with Gasteiger partial charge in [-0.2, -0.15) is 0 Å². The molecule has 3 amide bonds. The predicted octanol–water partition coefficient (Wildman–Crippen LogP) is 3.70. The van der Waals surface area contributed by atoms with E-state index in [0.29, 0.717) is 30.3 Å². The molecule has 5 nitrogen and oxygen atoms in total. The maximum absolute atomic E-state index is 12.0. The van der Waals surface area contributed by atoms with Gasteiger partial charge in [0.15, 0.2) is 0 Å². The highest BCUT2D eigenvalue weighted by Gasteiger charge is 2.07. The van der Waals surface area contributed by atoms with Gasteiger partial charge in [-0.05, 0) is 42.7 Å². The standard InChI is InChI=1S/C20H25N3O2/c1-14(2)12-21-19(24)17-7-9-18(10-8-17)23-20(25)22-13-16-6-4-5-15(3)11-16/h4-11,14H,12-13H2,1-3H3,(H,21,24)(H2,22,23,25). The van der Waals surface area contributed by atoms with E-state index in [-0.39, 0.29) is 11.9 Å². The van der Waals surface area contributed by atoms with Gasteiger partial charge in [0, 0.05) is 24.3 Å². The average molecular weight is 339 g/mol. The van der Waals surface area contributed by atoms with Gasteiger partial charge in [0.1, 0.15) is 0 Å². The lowest BCUT2D eigenvalue weighted by molar-refractivity contribution is 0.0949. The van der Waals surface area contributed by atoms with E-state index in [4.69, 9.17) is 0 Å². The molecule has 0 aromatic heterocycles. The van der Waals surface area contributed by atoms with Crippen molar-refractivity contribution < 1.29 is 9.59 Å². The summed E-state index contributed by atoms with van der Waals surface area (Å²) in [4.78, 5) is 23.9. The van der Waals surface area contributed by atoms with Crippen molar-refractivity contribution in [3.05, 3.63) is 65.2 Å². The zero-order valence-corrected chi connectivity index (χ0v) is 14.9. The topological polar surface area (TPSA) is 70.2 Å². The highest BCUT2D eigenvalue weighted by Crippen LogP contribution is 2.10. The molecule has 2 aromatic rings. The maximum Gasteiger partial charge on any atom is 0.319 e. The van der Waals surface area contributed by atoms with Crippen molar-refractivity contribution in [2.24, 2.45) is 5.92 Å². The summed E-state index contributed by atoms with van der Waals surface area (Å²) >= 11 is 0. The van der Waals surface area contributed by atoms with Crippen molar-refractivity contribution in [2.45, 2.75) is 27.3 Å². The summed E-state index contributed by atoms with van der Waals surface area (Å²) in [5.41, 5.74) is 3.42. The highest BCUT2D eigenvalue weighted by molar-refractivity contribution is 5.95. The fraction of sp³-hybridized carbons (Fsp3) is 0.300. The quantitative estimate of drug-likeness (QED) is 0.751. The van der Waals surface area contributed by atoms with Crippen LogP contribution in [0, 0.1) is 12.8 Å². The Morgan fingerprint density at radius 2 is 1.72 bits per heavy atom. The third kappa shape index (κ3) is 6.30. The van der Waals surface area contributed by atoms with Crippen molar-refractivity contribution in [1.29, 1.82) is 0 Å². The number of rotatable bonds is 6. The molecular weight excluding hydrogens is 314 g/mol. The zero-order chi connectivity index (χ0) is 18.2. The monoisotopic (exact) mass is 339 g/mol. The summed E-state index contributed by atoms with van der Waals surface area (Å²) in [5, 5.41) is 8.44. The minimum absolute atomic E-state index is 0.107. The molecule has 5 heteroatoms. The first-order chi connectivity index (χ1) is 11.9. The van der Waals surface area contributed by atoms with Gasteiger partial charge in [-0.25, -0.2) is 4.79 Å². The number of anilines is 1. The van der Waals surface area contributed by atoms with Crippen molar-refractivity contribution in [3.63, 3.8) is 0 Å². The van der Waals surface area contributed by atoms with Crippen LogP contribution in [-0.4, -0.2) is 18.5 Å². The number of carbonyl (C=O) groups excluding carboxylic acids is 2. The van der Waals surface area contributed by atoms with Gasteiger partial charge in [-0.3, -0.25) is 4.79 Å². The van der Waals surface area contributed by atoms with E-state index in [1.807, 2.05) is 45.0 Å². The Morgan fingerprint density at radius 1 is 1.00 bits per heavy atom. The third-order valence-electron chi connectivity index (χ3n) is 3.61. The molecule has 0 saturated carbocycles. The molecule has 3 N–H and O–H groups in total. The maximum atomic E-state index is 12.0. The van der Waals surface area contributed by atoms with Gasteiger partial charge in [0.25, 0.3) is 5.91 Å². The van der Waals surface area contributed by atoms with E-state index in [9.17, 15) is 9.59 Å². The van der Waals surface area contributed by atoms with Crippen LogP contribution in [0.1, 0.15) is 35.3 Å². The minimum Gasteiger partial charge on any atom is -0.352 e. The van der Waals surface area contributed by atoms with Crippen molar-refractivity contribution in [2.75, 3.05) is 11.9 Å². The Kier molecular flexibility index (Phi) is 6.57. The van der Waals surface area contributed by atoms with Crippen LogP contribution in [0.2, 0.25) is 0 Å². The number of amides is 3. The van der Waals surface area contributed by atoms with Crippen LogP contribution < -0.4 is 16.0 Å². The molecule has 0 aliphatic carbocycles. The molecule has 2 aromatic carbocycles. The van der Waals surface area contributed by atoms with Gasteiger partial charge in [0.2, 0.25) is 0 Å². The molecule has 0 saturated heterocycles. The van der Waals surface area contributed by atoms with Crippen molar-refractivity contribution in [1.82, 2.24) is 10.6 Å². The molecule has 132 valence electrons. The van der Waals surface area contributed by atoms with Gasteiger partial charge >= 0.3 is 6.03 Å². The number of carbonyl (C=O) groups is 2. The van der Waals surface area contributed by atoms with Gasteiger partial charge in [-0.1, -0.05) is 43.7 Å². The molecule has 0 atom stereocenters. The second-order valence-corrected chi connectivity index (χ2v) is 6.48. The molecule has 25 heavy (non-hydrogen) atoms. The molecule has 2 rings (SSSR count). The Morgan fingerprint density at radius 3 is 2.36 bits per heavy atom. The van der Waals surface area contributed by atoms with Crippen LogP contribution >= 0.6 is 0 Å². The summed E-state index contributed by atoms with van der Waals surface area (Å²) in [5.74, 6) is 0.297. The molecule has 0 heterocycles. The fourth-order valence-electron chi connectivity index (χ4n) is 2.28. The van der Waals surface area contributed by atoms with Crippen LogP contribution in [0.15, 0.2) is 48.5 Å². The van der Waals surface area contributed by atoms with E-state index in [1.165, 1.54) is 0 Å². The first-order valence-electron chi connectivity index (χ1n) is 8.42. The van der Waals surface area contributed by atoms with E-state index >= 15 is 0 Å². The molecule has 0 bridgehead atoms. The highest BCUT2D eigenvalue weighted by atomic mass is 16.2. The Bertz CT molecular complexity index is 724. The summed E-state index contributed by atoms with van der Waals surface area (Å²) in [6, 6.07) is 14.5. The molecule has 0 aliphatic rings. The molecule has 0 spiro atoms. The lowest BCUT2D eigenvalue weighted by Gasteiger charge is -2.10. The summed E-state index contributed by atoms with van der Waals surface area (Å²) in [6.45, 7) is 7.21. The smallest absolute Gasteiger partial charge is 0.319 e. The minimum atomic E-state index is -0.279. The predicted molar refractivity (Wildman–Crippen MR) is 101 cm³/mol.